The van der Waals surface area contributed by atoms with Gasteiger partial charge in [0.1, 0.15) is 5.82 Å². The van der Waals surface area contributed by atoms with E-state index in [9.17, 15) is 27.2 Å². The molecule has 8 heteroatoms. The Hall–Kier alpha value is -2.12. The highest BCUT2D eigenvalue weighted by Gasteiger charge is 2.38. The molecule has 4 nitrogen and oxygen atoms in total. The monoisotopic (exact) mass is 319 g/mol. The van der Waals surface area contributed by atoms with Gasteiger partial charge in [0.25, 0.3) is 5.91 Å². The SMILES string of the molecule is C[C@@H]1CN(C(=O)c2ccc(C(F)(F)F)c(F)c2)C[C@H]1C(=O)O. The molecule has 1 aromatic carbocycles. The number of aliphatic carboxylic acids is 1. The fourth-order valence-corrected chi connectivity index (χ4v) is 2.51. The standard InChI is InChI=1S/C14H13F4NO3/c1-7-5-19(6-9(7)13(21)22)12(20)8-2-3-10(11(15)4-8)14(16,17)18/h2-4,7,9H,5-6H2,1H3,(H,21,22)/t7-,9-/m1/s1. The molecule has 120 valence electrons. The van der Waals surface area contributed by atoms with Gasteiger partial charge in [0.15, 0.2) is 0 Å². The second kappa shape index (κ2) is 5.58. The maximum absolute atomic E-state index is 13.5. The lowest BCUT2D eigenvalue weighted by atomic mass is 9.99. The number of carbonyl (C=O) groups excluding carboxylic acids is 1. The second-order valence-corrected chi connectivity index (χ2v) is 5.32. The number of likely N-dealkylation sites (tertiary alicyclic amines) is 1. The molecule has 0 radical (unpaired) electrons. The first-order valence-electron chi connectivity index (χ1n) is 6.50. The number of halogens is 4. The van der Waals surface area contributed by atoms with Crippen molar-refractivity contribution in [3.63, 3.8) is 0 Å². The summed E-state index contributed by atoms with van der Waals surface area (Å²) in [5, 5.41) is 9.00. The molecule has 22 heavy (non-hydrogen) atoms. The van der Waals surface area contributed by atoms with E-state index in [1.807, 2.05) is 0 Å². The van der Waals surface area contributed by atoms with Crippen LogP contribution in [-0.2, 0) is 11.0 Å². The Kier molecular flexibility index (Phi) is 4.12. The van der Waals surface area contributed by atoms with E-state index in [0.29, 0.717) is 12.1 Å². The topological polar surface area (TPSA) is 57.6 Å². The molecule has 0 unspecified atom stereocenters. The molecule has 0 aromatic heterocycles. The van der Waals surface area contributed by atoms with Gasteiger partial charge in [-0.25, -0.2) is 4.39 Å². The van der Waals surface area contributed by atoms with Crippen LogP contribution in [0.25, 0.3) is 0 Å². The highest BCUT2D eigenvalue weighted by atomic mass is 19.4. The number of hydrogen-bond donors (Lipinski definition) is 1. The van der Waals surface area contributed by atoms with Crippen LogP contribution in [0.15, 0.2) is 18.2 Å². The molecule has 2 rings (SSSR count). The van der Waals surface area contributed by atoms with Crippen LogP contribution in [0.3, 0.4) is 0 Å². The van der Waals surface area contributed by atoms with E-state index >= 15 is 0 Å². The van der Waals surface area contributed by atoms with E-state index in [0.717, 1.165) is 6.07 Å². The van der Waals surface area contributed by atoms with Crippen LogP contribution >= 0.6 is 0 Å². The third kappa shape index (κ3) is 3.05. The first kappa shape index (κ1) is 16.3. The zero-order chi connectivity index (χ0) is 16.7. The molecular weight excluding hydrogens is 306 g/mol. The van der Waals surface area contributed by atoms with Crippen LogP contribution in [0, 0.1) is 17.7 Å². The first-order chi connectivity index (χ1) is 10.1. The summed E-state index contributed by atoms with van der Waals surface area (Å²) in [7, 11) is 0. The summed E-state index contributed by atoms with van der Waals surface area (Å²) < 4.78 is 50.9. The van der Waals surface area contributed by atoms with Gasteiger partial charge in [-0.15, -0.1) is 0 Å². The number of hydrogen-bond acceptors (Lipinski definition) is 2. The number of benzene rings is 1. The highest BCUT2D eigenvalue weighted by molar-refractivity contribution is 5.95. The Morgan fingerprint density at radius 2 is 1.91 bits per heavy atom. The molecule has 0 spiro atoms. The Bertz CT molecular complexity index is 615. The van der Waals surface area contributed by atoms with Gasteiger partial charge < -0.3 is 10.0 Å². The van der Waals surface area contributed by atoms with Crippen molar-refractivity contribution in [1.82, 2.24) is 4.90 Å². The number of rotatable bonds is 2. The second-order valence-electron chi connectivity index (χ2n) is 5.32. The number of amides is 1. The van der Waals surface area contributed by atoms with Crippen molar-refractivity contribution in [1.29, 1.82) is 0 Å². The van der Waals surface area contributed by atoms with Crippen LogP contribution < -0.4 is 0 Å². The third-order valence-corrected chi connectivity index (χ3v) is 3.74. The molecule has 1 aliphatic rings. The van der Waals surface area contributed by atoms with Crippen LogP contribution in [0.2, 0.25) is 0 Å². The maximum atomic E-state index is 13.5. The van der Waals surface area contributed by atoms with Gasteiger partial charge >= 0.3 is 12.1 Å². The number of nitrogens with zero attached hydrogens (tertiary/aromatic N) is 1. The molecule has 2 atom stereocenters. The third-order valence-electron chi connectivity index (χ3n) is 3.74. The Morgan fingerprint density at radius 3 is 2.36 bits per heavy atom. The molecular formula is C14H13F4NO3. The molecule has 1 aromatic rings. The van der Waals surface area contributed by atoms with Gasteiger partial charge in [0.2, 0.25) is 0 Å². The van der Waals surface area contributed by atoms with Gasteiger partial charge in [-0.2, -0.15) is 13.2 Å². The van der Waals surface area contributed by atoms with Crippen LogP contribution in [0.5, 0.6) is 0 Å². The number of carboxylic acids is 1. The van der Waals surface area contributed by atoms with E-state index in [1.165, 1.54) is 4.90 Å². The lowest BCUT2D eigenvalue weighted by Crippen LogP contribution is -2.30. The van der Waals surface area contributed by atoms with Crippen molar-refractivity contribution in [2.75, 3.05) is 13.1 Å². The van der Waals surface area contributed by atoms with Crippen molar-refractivity contribution in [2.45, 2.75) is 13.1 Å². The van der Waals surface area contributed by atoms with E-state index in [4.69, 9.17) is 5.11 Å². The molecule has 0 bridgehead atoms. The van der Waals surface area contributed by atoms with Gasteiger partial charge in [0, 0.05) is 18.7 Å². The Labute approximate surface area is 123 Å². The summed E-state index contributed by atoms with van der Waals surface area (Å²) in [6.45, 7) is 1.79. The minimum atomic E-state index is -4.83. The van der Waals surface area contributed by atoms with Gasteiger partial charge in [-0.05, 0) is 24.1 Å². The van der Waals surface area contributed by atoms with Crippen LogP contribution in [0.1, 0.15) is 22.8 Å². The molecule has 1 amide bonds. The van der Waals surface area contributed by atoms with Crippen molar-refractivity contribution in [3.8, 4) is 0 Å². The van der Waals surface area contributed by atoms with E-state index in [-0.39, 0.29) is 24.6 Å². The minimum Gasteiger partial charge on any atom is -0.481 e. The largest absolute Gasteiger partial charge is 0.481 e. The van der Waals surface area contributed by atoms with Crippen molar-refractivity contribution < 1.29 is 32.3 Å². The number of carboxylic acid groups (broad SMARTS) is 1. The summed E-state index contributed by atoms with van der Waals surface area (Å²) >= 11 is 0. The lowest BCUT2D eigenvalue weighted by Gasteiger charge is -2.16. The average molecular weight is 319 g/mol. The van der Waals surface area contributed by atoms with Gasteiger partial charge in [-0.1, -0.05) is 6.92 Å². The number of carbonyl (C=O) groups is 2. The summed E-state index contributed by atoms with van der Waals surface area (Å²) in [5.74, 6) is -4.26. The highest BCUT2D eigenvalue weighted by Crippen LogP contribution is 2.32. The summed E-state index contributed by atoms with van der Waals surface area (Å²) in [6, 6.07) is 1.94. The maximum Gasteiger partial charge on any atom is 0.419 e. The zero-order valence-electron chi connectivity index (χ0n) is 11.5. The van der Waals surface area contributed by atoms with Crippen molar-refractivity contribution in [2.24, 2.45) is 11.8 Å². The fourth-order valence-electron chi connectivity index (χ4n) is 2.51. The average Bonchev–Trinajstić information content (AvgIpc) is 2.78. The molecule has 0 aliphatic carbocycles. The van der Waals surface area contributed by atoms with Crippen molar-refractivity contribution >= 4 is 11.9 Å². The van der Waals surface area contributed by atoms with E-state index in [1.54, 1.807) is 6.92 Å². The fraction of sp³-hybridized carbons (Fsp3) is 0.429. The van der Waals surface area contributed by atoms with Crippen molar-refractivity contribution in [3.05, 3.63) is 35.1 Å². The first-order valence-corrected chi connectivity index (χ1v) is 6.50. The van der Waals surface area contributed by atoms with Crippen LogP contribution in [0.4, 0.5) is 17.6 Å². The zero-order valence-corrected chi connectivity index (χ0v) is 11.5. The molecule has 0 saturated carbocycles. The molecule has 1 saturated heterocycles. The summed E-state index contributed by atoms with van der Waals surface area (Å²) in [5.41, 5.74) is -1.68. The Morgan fingerprint density at radius 1 is 1.27 bits per heavy atom. The molecule has 1 heterocycles. The predicted octanol–water partition coefficient (Wildman–Crippen LogP) is 2.64. The van der Waals surface area contributed by atoms with Gasteiger partial charge in [-0.3, -0.25) is 9.59 Å². The molecule has 1 fully saturated rings. The Balaban J connectivity index is 2.21. The quantitative estimate of drug-likeness (QED) is 0.853. The van der Waals surface area contributed by atoms with E-state index in [2.05, 4.69) is 0 Å². The minimum absolute atomic E-state index is 0.0437. The lowest BCUT2D eigenvalue weighted by molar-refractivity contribution is -0.142. The normalized spacial score (nSPS) is 22.0. The molecule has 1 N–H and O–H groups in total. The summed E-state index contributed by atoms with van der Waals surface area (Å²) in [4.78, 5) is 24.4. The van der Waals surface area contributed by atoms with Gasteiger partial charge in [0.05, 0.1) is 11.5 Å². The predicted molar refractivity (Wildman–Crippen MR) is 67.6 cm³/mol. The number of alkyl halides is 3. The smallest absolute Gasteiger partial charge is 0.419 e. The summed E-state index contributed by atoms with van der Waals surface area (Å²) in [6.07, 6.45) is -4.83. The molecule has 1 aliphatic heterocycles. The van der Waals surface area contributed by atoms with E-state index < -0.39 is 35.4 Å². The van der Waals surface area contributed by atoms with Crippen LogP contribution in [-0.4, -0.2) is 35.0 Å².